The first-order valence-corrected chi connectivity index (χ1v) is 44.0. The minimum absolute atomic E-state index is 0.173. The third-order valence-corrected chi connectivity index (χ3v) is 20.5. The van der Waals surface area contributed by atoms with Gasteiger partial charge < -0.3 is 28.5 Å². The Balaban J connectivity index is 3.90. The van der Waals surface area contributed by atoms with Crippen LogP contribution in [-0.4, -0.2) is 87.4 Å². The smallest absolute Gasteiger partial charge is 0.361 e. The minimum Gasteiger partial charge on any atom is -0.477 e. The summed E-state index contributed by atoms with van der Waals surface area (Å²) >= 11 is 0. The van der Waals surface area contributed by atoms with Gasteiger partial charge in [-0.05, 0) is 44.9 Å². The van der Waals surface area contributed by atoms with Crippen LogP contribution in [-0.2, 0) is 33.3 Å². The van der Waals surface area contributed by atoms with Crippen molar-refractivity contribution in [3.8, 4) is 0 Å². The van der Waals surface area contributed by atoms with E-state index in [1.165, 1.54) is 398 Å². The first kappa shape index (κ1) is 95.8. The van der Waals surface area contributed by atoms with Crippen molar-refractivity contribution in [1.29, 1.82) is 0 Å². The van der Waals surface area contributed by atoms with Crippen molar-refractivity contribution in [2.24, 2.45) is 0 Å². The predicted octanol–water partition coefficient (Wildman–Crippen LogP) is 28.4. The molecule has 580 valence electrons. The number of ether oxygens (including phenoxy) is 4. The number of likely N-dealkylation sites (N-methyl/N-ethyl adjacent to an activating group) is 1. The van der Waals surface area contributed by atoms with Gasteiger partial charge in [-0.15, -0.1) is 0 Å². The molecule has 0 saturated carbocycles. The van der Waals surface area contributed by atoms with Crippen molar-refractivity contribution in [3.05, 3.63) is 24.3 Å². The lowest BCUT2D eigenvalue weighted by Crippen LogP contribution is -2.40. The molecule has 0 heterocycles. The fourth-order valence-electron chi connectivity index (χ4n) is 13.8. The number of nitrogens with zero attached hydrogens (tertiary/aromatic N) is 1. The number of aliphatic carboxylic acids is 1. The summed E-state index contributed by atoms with van der Waals surface area (Å²) < 4.78 is 23.1. The van der Waals surface area contributed by atoms with E-state index >= 15 is 0 Å². The molecule has 2 unspecified atom stereocenters. The SMILES string of the molecule is CCCCCCC/C=C\C/C=C\CCCCCCCCCCCCCCCCCCCCCCCCCC(=O)OC(COC(=O)CCCCCCCCCCCCCCCCCCCCCCCCCCCCCCCCCCCCCCCC)COC(OCC[N+](C)(C)C)C(=O)O. The summed E-state index contributed by atoms with van der Waals surface area (Å²) in [4.78, 5) is 37.8. The third-order valence-electron chi connectivity index (χ3n) is 20.5. The van der Waals surface area contributed by atoms with Crippen LogP contribution in [0.5, 0.6) is 0 Å². The van der Waals surface area contributed by atoms with Gasteiger partial charge in [0.05, 0.1) is 34.4 Å². The van der Waals surface area contributed by atoms with Gasteiger partial charge >= 0.3 is 17.9 Å². The summed E-state index contributed by atoms with van der Waals surface area (Å²) in [6.45, 7) is 4.97. The van der Waals surface area contributed by atoms with Crippen LogP contribution < -0.4 is 0 Å². The van der Waals surface area contributed by atoms with E-state index in [9.17, 15) is 19.5 Å². The van der Waals surface area contributed by atoms with E-state index in [2.05, 4.69) is 38.2 Å². The van der Waals surface area contributed by atoms with Crippen LogP contribution in [0.2, 0.25) is 0 Å². The molecule has 1 N–H and O–H groups in total. The molecule has 0 fully saturated rings. The first-order valence-electron chi connectivity index (χ1n) is 44.0. The van der Waals surface area contributed by atoms with Crippen molar-refractivity contribution in [2.75, 3.05) is 47.5 Å². The van der Waals surface area contributed by atoms with Crippen LogP contribution in [0.1, 0.15) is 470 Å². The molecule has 0 spiro atoms. The quantitative estimate of drug-likeness (QED) is 0.0211. The Morgan fingerprint density at radius 3 is 0.806 bits per heavy atom. The molecule has 0 radical (unpaired) electrons. The van der Waals surface area contributed by atoms with E-state index < -0.39 is 18.4 Å². The molecule has 9 nitrogen and oxygen atoms in total. The number of allylic oxidation sites excluding steroid dienone is 4. The van der Waals surface area contributed by atoms with E-state index in [1.807, 2.05) is 21.1 Å². The highest BCUT2D eigenvalue weighted by Gasteiger charge is 2.25. The minimum atomic E-state index is -1.51. The molecular formula is C89H172NO8+. The highest BCUT2D eigenvalue weighted by atomic mass is 16.7. The van der Waals surface area contributed by atoms with Crippen LogP contribution in [0.25, 0.3) is 0 Å². The Labute approximate surface area is 611 Å². The Bertz CT molecular complexity index is 1660. The van der Waals surface area contributed by atoms with Crippen molar-refractivity contribution in [2.45, 2.75) is 482 Å². The molecule has 0 amide bonds. The van der Waals surface area contributed by atoms with Crippen LogP contribution >= 0.6 is 0 Å². The molecule has 0 aromatic heterocycles. The molecule has 0 rings (SSSR count). The molecule has 0 aliphatic heterocycles. The second-order valence-corrected chi connectivity index (χ2v) is 31.6. The second kappa shape index (κ2) is 80.5. The summed E-state index contributed by atoms with van der Waals surface area (Å²) in [5.74, 6) is -1.96. The lowest BCUT2D eigenvalue weighted by atomic mass is 10.0. The van der Waals surface area contributed by atoms with Crippen molar-refractivity contribution in [3.63, 3.8) is 0 Å². The van der Waals surface area contributed by atoms with Crippen LogP contribution in [0.15, 0.2) is 24.3 Å². The van der Waals surface area contributed by atoms with E-state index in [-0.39, 0.29) is 38.2 Å². The Kier molecular flexibility index (Phi) is 78.6. The summed E-state index contributed by atoms with van der Waals surface area (Å²) in [7, 11) is 6.01. The zero-order valence-electron chi connectivity index (χ0n) is 66.7. The number of hydrogen-bond acceptors (Lipinski definition) is 7. The number of esters is 2. The Hall–Kier alpha value is -2.23. The number of hydrogen-bond donors (Lipinski definition) is 1. The van der Waals surface area contributed by atoms with E-state index in [0.717, 1.165) is 44.9 Å². The fraction of sp³-hybridized carbons (Fsp3) is 0.921. The molecule has 0 saturated heterocycles. The summed E-state index contributed by atoms with van der Waals surface area (Å²) in [5.41, 5.74) is 0. The highest BCUT2D eigenvalue weighted by Crippen LogP contribution is 2.21. The molecule has 0 aliphatic carbocycles. The second-order valence-electron chi connectivity index (χ2n) is 31.6. The van der Waals surface area contributed by atoms with Gasteiger partial charge in [0.1, 0.15) is 13.2 Å². The van der Waals surface area contributed by atoms with Gasteiger partial charge in [0.15, 0.2) is 6.10 Å². The molecule has 0 aliphatic rings. The maximum atomic E-state index is 13.0. The molecule has 0 bridgehead atoms. The topological polar surface area (TPSA) is 108 Å². The van der Waals surface area contributed by atoms with Gasteiger partial charge in [0.25, 0.3) is 6.29 Å². The van der Waals surface area contributed by atoms with Crippen molar-refractivity contribution in [1.82, 2.24) is 0 Å². The van der Waals surface area contributed by atoms with Gasteiger partial charge in [-0.25, -0.2) is 4.79 Å². The van der Waals surface area contributed by atoms with Crippen molar-refractivity contribution >= 4 is 17.9 Å². The lowest BCUT2D eigenvalue weighted by Gasteiger charge is -2.25. The fourth-order valence-corrected chi connectivity index (χ4v) is 13.8. The standard InChI is InChI=1S/C89H171NO8/c1-6-8-10-12-14-16-18-20-22-24-26-28-30-32-34-36-38-40-42-43-44-46-47-49-51-53-55-57-59-61-63-65-67-69-71-73-75-77-79-86(91)96-83-85(84-97-89(88(93)94)95-82-81-90(3,4)5)98-87(92)80-78-76-74-72-70-68-66-64-62-60-58-56-54-52-50-48-45-41-39-37-35-33-31-29-27-25-23-21-19-17-15-13-11-9-7-2/h19,21,25,27,85,89H,6-18,20,22-24,26,28-84H2,1-5H3/p+1/b21-19-,27-25-. The number of carboxylic acids is 1. The lowest BCUT2D eigenvalue weighted by molar-refractivity contribution is -0.870. The summed E-state index contributed by atoms with van der Waals surface area (Å²) in [6, 6.07) is 0. The van der Waals surface area contributed by atoms with Crippen LogP contribution in [0.3, 0.4) is 0 Å². The number of unbranched alkanes of at least 4 members (excludes halogenated alkanes) is 65. The van der Waals surface area contributed by atoms with Gasteiger partial charge in [0.2, 0.25) is 0 Å². The van der Waals surface area contributed by atoms with E-state index in [0.29, 0.717) is 17.4 Å². The predicted molar refractivity (Wildman–Crippen MR) is 425 cm³/mol. The first-order chi connectivity index (χ1) is 48.1. The molecule has 0 aromatic rings. The number of carbonyl (C=O) groups excluding carboxylic acids is 2. The maximum Gasteiger partial charge on any atom is 0.361 e. The van der Waals surface area contributed by atoms with Gasteiger partial charge in [-0.3, -0.25) is 9.59 Å². The van der Waals surface area contributed by atoms with Crippen molar-refractivity contribution < 1.29 is 42.9 Å². The maximum absolute atomic E-state index is 13.0. The average molecular weight is 1380 g/mol. The van der Waals surface area contributed by atoms with Gasteiger partial charge in [-0.2, -0.15) is 0 Å². The monoisotopic (exact) mass is 1380 g/mol. The summed E-state index contributed by atoms with van der Waals surface area (Å²) in [6.07, 6.45) is 101. The molecular weight excluding hydrogens is 1210 g/mol. The molecule has 9 heteroatoms. The zero-order chi connectivity index (χ0) is 71.1. The van der Waals surface area contributed by atoms with E-state index in [1.54, 1.807) is 0 Å². The zero-order valence-corrected chi connectivity index (χ0v) is 66.7. The number of carbonyl (C=O) groups is 3. The summed E-state index contributed by atoms with van der Waals surface area (Å²) in [5, 5.41) is 9.79. The molecule has 0 aromatic carbocycles. The normalized spacial score (nSPS) is 12.6. The Morgan fingerprint density at radius 1 is 0.306 bits per heavy atom. The van der Waals surface area contributed by atoms with Crippen LogP contribution in [0, 0.1) is 0 Å². The number of quaternary nitrogens is 1. The number of carboxylic acid groups (broad SMARTS) is 1. The average Bonchev–Trinajstić information content (AvgIpc) is 1.34. The molecule has 2 atom stereocenters. The highest BCUT2D eigenvalue weighted by molar-refractivity contribution is 5.71. The Morgan fingerprint density at radius 2 is 0.551 bits per heavy atom. The third kappa shape index (κ3) is 81.1. The van der Waals surface area contributed by atoms with Gasteiger partial charge in [-0.1, -0.05) is 436 Å². The number of rotatable bonds is 84. The largest absolute Gasteiger partial charge is 0.477 e. The van der Waals surface area contributed by atoms with E-state index in [4.69, 9.17) is 18.9 Å². The van der Waals surface area contributed by atoms with Crippen LogP contribution in [0.4, 0.5) is 0 Å². The van der Waals surface area contributed by atoms with Gasteiger partial charge in [0, 0.05) is 12.8 Å². The molecule has 98 heavy (non-hydrogen) atoms.